The molecule has 0 aliphatic rings. The van der Waals surface area contributed by atoms with Gasteiger partial charge in [0.25, 0.3) is 0 Å². The number of nitrogens with two attached hydrogens (primary N) is 1. The van der Waals surface area contributed by atoms with Gasteiger partial charge < -0.3 is 20.5 Å². The van der Waals surface area contributed by atoms with Crippen molar-refractivity contribution in [2.75, 3.05) is 27.2 Å². The smallest absolute Gasteiger partial charge is 0.123 e. The van der Waals surface area contributed by atoms with E-state index in [-0.39, 0.29) is 5.75 Å². The van der Waals surface area contributed by atoms with E-state index in [1.165, 1.54) is 0 Å². The second-order valence-corrected chi connectivity index (χ2v) is 3.87. The molecule has 4 heteroatoms. The summed E-state index contributed by atoms with van der Waals surface area (Å²) in [4.78, 5) is 2.13. The van der Waals surface area contributed by atoms with Crippen LogP contribution in [-0.2, 0) is 6.54 Å². The van der Waals surface area contributed by atoms with Crippen LogP contribution in [0.4, 0.5) is 0 Å². The number of phenolic OH excluding ortho intramolecular Hbond substituents is 1. The van der Waals surface area contributed by atoms with E-state index in [0.29, 0.717) is 12.3 Å². The van der Waals surface area contributed by atoms with Gasteiger partial charge in [-0.1, -0.05) is 6.07 Å². The highest BCUT2D eigenvalue weighted by atomic mass is 16.5. The maximum Gasteiger partial charge on any atom is 0.123 e. The number of hydrogen-bond acceptors (Lipinski definition) is 4. The molecule has 0 saturated carbocycles. The molecule has 0 heterocycles. The molecule has 1 aromatic carbocycles. The van der Waals surface area contributed by atoms with Gasteiger partial charge in [0.15, 0.2) is 0 Å². The average Bonchev–Trinajstić information content (AvgIpc) is 2.29. The number of benzene rings is 1. The first-order valence-electron chi connectivity index (χ1n) is 5.42. The molecule has 0 bridgehead atoms. The molecule has 3 N–H and O–H groups in total. The van der Waals surface area contributed by atoms with E-state index >= 15 is 0 Å². The van der Waals surface area contributed by atoms with Crippen LogP contribution in [-0.4, -0.2) is 37.3 Å². The lowest BCUT2D eigenvalue weighted by Crippen LogP contribution is -2.21. The molecule has 4 nitrogen and oxygen atoms in total. The summed E-state index contributed by atoms with van der Waals surface area (Å²) in [6.07, 6.45) is 0.966. The minimum atomic E-state index is 0.277. The van der Waals surface area contributed by atoms with Gasteiger partial charge in [0.05, 0.1) is 7.11 Å². The van der Waals surface area contributed by atoms with E-state index in [1.807, 2.05) is 19.2 Å². The molecule has 0 unspecified atom stereocenters. The summed E-state index contributed by atoms with van der Waals surface area (Å²) >= 11 is 0. The first-order chi connectivity index (χ1) is 7.67. The SMILES string of the molecule is COc1ccc(CN(C)CCCN)c(O)c1. The summed E-state index contributed by atoms with van der Waals surface area (Å²) in [5.74, 6) is 0.949. The molecular formula is C12H20N2O2. The van der Waals surface area contributed by atoms with Crippen LogP contribution >= 0.6 is 0 Å². The van der Waals surface area contributed by atoms with Gasteiger partial charge in [-0.25, -0.2) is 0 Å². The van der Waals surface area contributed by atoms with Gasteiger partial charge in [-0.05, 0) is 32.6 Å². The largest absolute Gasteiger partial charge is 0.507 e. The topological polar surface area (TPSA) is 58.7 Å². The number of nitrogens with zero attached hydrogens (tertiary/aromatic N) is 1. The first-order valence-corrected chi connectivity index (χ1v) is 5.42. The first kappa shape index (κ1) is 12.8. The van der Waals surface area contributed by atoms with Gasteiger partial charge in [-0.3, -0.25) is 0 Å². The van der Waals surface area contributed by atoms with Crippen molar-refractivity contribution in [3.05, 3.63) is 23.8 Å². The van der Waals surface area contributed by atoms with Gasteiger partial charge in [0.2, 0.25) is 0 Å². The van der Waals surface area contributed by atoms with Crippen LogP contribution in [0.1, 0.15) is 12.0 Å². The molecule has 0 aliphatic carbocycles. The average molecular weight is 224 g/mol. The van der Waals surface area contributed by atoms with E-state index in [0.717, 1.165) is 25.1 Å². The molecule has 0 aromatic heterocycles. The van der Waals surface area contributed by atoms with E-state index < -0.39 is 0 Å². The molecule has 0 radical (unpaired) electrons. The molecule has 0 aliphatic heterocycles. The predicted octanol–water partition coefficient (Wildman–Crippen LogP) is 1.18. The minimum Gasteiger partial charge on any atom is -0.507 e. The summed E-state index contributed by atoms with van der Waals surface area (Å²) in [6.45, 7) is 2.34. The normalized spacial score (nSPS) is 10.8. The summed E-state index contributed by atoms with van der Waals surface area (Å²) in [7, 11) is 3.60. The quantitative estimate of drug-likeness (QED) is 0.762. The fourth-order valence-corrected chi connectivity index (χ4v) is 1.54. The third-order valence-corrected chi connectivity index (χ3v) is 2.48. The van der Waals surface area contributed by atoms with Crippen LogP contribution in [0.3, 0.4) is 0 Å². The van der Waals surface area contributed by atoms with Crippen molar-refractivity contribution in [2.45, 2.75) is 13.0 Å². The molecule has 0 atom stereocenters. The highest BCUT2D eigenvalue weighted by molar-refractivity contribution is 5.39. The summed E-state index contributed by atoms with van der Waals surface area (Å²) in [5, 5.41) is 9.77. The number of hydrogen-bond donors (Lipinski definition) is 2. The number of aromatic hydroxyl groups is 1. The summed E-state index contributed by atoms with van der Waals surface area (Å²) in [5.41, 5.74) is 6.35. The standard InChI is InChI=1S/C12H20N2O2/c1-14(7-3-6-13)9-10-4-5-11(16-2)8-12(10)15/h4-5,8,15H,3,6-7,9,13H2,1-2H3. The lowest BCUT2D eigenvalue weighted by molar-refractivity contribution is 0.317. The van der Waals surface area contributed by atoms with Crippen molar-refractivity contribution in [1.82, 2.24) is 4.90 Å². The van der Waals surface area contributed by atoms with E-state index in [9.17, 15) is 5.11 Å². The Balaban J connectivity index is 2.59. The zero-order valence-corrected chi connectivity index (χ0v) is 9.94. The Morgan fingerprint density at radius 1 is 1.44 bits per heavy atom. The molecule has 90 valence electrons. The van der Waals surface area contributed by atoms with E-state index in [2.05, 4.69) is 4.90 Å². The van der Waals surface area contributed by atoms with Crippen molar-refractivity contribution in [3.8, 4) is 11.5 Å². The Kier molecular flexibility index (Phi) is 5.08. The molecule has 0 fully saturated rings. The number of methoxy groups -OCH3 is 1. The van der Waals surface area contributed by atoms with Crippen molar-refractivity contribution < 1.29 is 9.84 Å². The minimum absolute atomic E-state index is 0.277. The van der Waals surface area contributed by atoms with Crippen LogP contribution in [0.2, 0.25) is 0 Å². The zero-order chi connectivity index (χ0) is 12.0. The lowest BCUT2D eigenvalue weighted by Gasteiger charge is -2.17. The highest BCUT2D eigenvalue weighted by Gasteiger charge is 2.05. The highest BCUT2D eigenvalue weighted by Crippen LogP contribution is 2.24. The predicted molar refractivity (Wildman–Crippen MR) is 64.7 cm³/mol. The van der Waals surface area contributed by atoms with Gasteiger partial charge in [-0.2, -0.15) is 0 Å². The van der Waals surface area contributed by atoms with Crippen molar-refractivity contribution in [3.63, 3.8) is 0 Å². The third-order valence-electron chi connectivity index (χ3n) is 2.48. The number of rotatable bonds is 6. The second-order valence-electron chi connectivity index (χ2n) is 3.87. The van der Waals surface area contributed by atoms with Gasteiger partial charge >= 0.3 is 0 Å². The molecular weight excluding hydrogens is 204 g/mol. The number of phenols is 1. The van der Waals surface area contributed by atoms with Crippen molar-refractivity contribution in [2.24, 2.45) is 5.73 Å². The molecule has 0 amide bonds. The Bertz CT molecular complexity index is 329. The Labute approximate surface area is 96.6 Å². The zero-order valence-electron chi connectivity index (χ0n) is 9.94. The Morgan fingerprint density at radius 3 is 2.75 bits per heavy atom. The van der Waals surface area contributed by atoms with Gasteiger partial charge in [-0.15, -0.1) is 0 Å². The van der Waals surface area contributed by atoms with Crippen molar-refractivity contribution >= 4 is 0 Å². The maximum atomic E-state index is 9.77. The summed E-state index contributed by atoms with van der Waals surface area (Å²) < 4.78 is 5.03. The van der Waals surface area contributed by atoms with Crippen LogP contribution < -0.4 is 10.5 Å². The van der Waals surface area contributed by atoms with Crippen molar-refractivity contribution in [1.29, 1.82) is 0 Å². The molecule has 1 rings (SSSR count). The van der Waals surface area contributed by atoms with Crippen LogP contribution in [0, 0.1) is 0 Å². The van der Waals surface area contributed by atoms with Crippen LogP contribution in [0.15, 0.2) is 18.2 Å². The molecule has 0 spiro atoms. The van der Waals surface area contributed by atoms with E-state index in [4.69, 9.17) is 10.5 Å². The third kappa shape index (κ3) is 3.72. The second kappa shape index (κ2) is 6.35. The monoisotopic (exact) mass is 224 g/mol. The maximum absolute atomic E-state index is 9.77. The number of ether oxygens (including phenoxy) is 1. The fraction of sp³-hybridized carbons (Fsp3) is 0.500. The van der Waals surface area contributed by atoms with Gasteiger partial charge in [0, 0.05) is 18.2 Å². The Morgan fingerprint density at radius 2 is 2.19 bits per heavy atom. The molecule has 0 saturated heterocycles. The Hall–Kier alpha value is -1.26. The fourth-order valence-electron chi connectivity index (χ4n) is 1.54. The molecule has 1 aromatic rings. The lowest BCUT2D eigenvalue weighted by atomic mass is 10.2. The van der Waals surface area contributed by atoms with Crippen LogP contribution in [0.5, 0.6) is 11.5 Å². The van der Waals surface area contributed by atoms with Crippen LogP contribution in [0.25, 0.3) is 0 Å². The van der Waals surface area contributed by atoms with Gasteiger partial charge in [0.1, 0.15) is 11.5 Å². The summed E-state index contributed by atoms with van der Waals surface area (Å²) in [6, 6.07) is 5.37. The van der Waals surface area contributed by atoms with E-state index in [1.54, 1.807) is 13.2 Å². The molecule has 16 heavy (non-hydrogen) atoms.